The normalized spacial score (nSPS) is 11.5. The first-order valence-corrected chi connectivity index (χ1v) is 8.51. The van der Waals surface area contributed by atoms with E-state index in [-0.39, 0.29) is 4.90 Å². The highest BCUT2D eigenvalue weighted by atomic mass is 32.2. The van der Waals surface area contributed by atoms with Crippen LogP contribution in [-0.4, -0.2) is 40.6 Å². The molecule has 0 amide bonds. The van der Waals surface area contributed by atoms with Gasteiger partial charge in [0, 0.05) is 11.9 Å². The number of nitrogens with one attached hydrogen (secondary N) is 1. The van der Waals surface area contributed by atoms with Crippen molar-refractivity contribution in [2.45, 2.75) is 11.8 Å². The number of aryl methyl sites for hydroxylation is 1. The first-order chi connectivity index (χ1) is 11.8. The van der Waals surface area contributed by atoms with E-state index in [1.807, 2.05) is 0 Å². The molecule has 0 bridgehead atoms. The fourth-order valence-corrected chi connectivity index (χ4v) is 2.97. The Balaban J connectivity index is 2.08. The molecule has 0 unspecified atom stereocenters. The minimum atomic E-state index is -4.32. The maximum Gasteiger partial charge on any atom is 0.339 e. The number of anilines is 2. The van der Waals surface area contributed by atoms with E-state index in [1.54, 1.807) is 13.0 Å². The second-order valence-corrected chi connectivity index (χ2v) is 6.61. The first-order valence-electron chi connectivity index (χ1n) is 7.07. The summed E-state index contributed by atoms with van der Waals surface area (Å²) in [4.78, 5) is 15.7. The Morgan fingerprint density at radius 2 is 2.12 bits per heavy atom. The van der Waals surface area contributed by atoms with Crippen LogP contribution in [0.15, 0.2) is 41.7 Å². The van der Waals surface area contributed by atoms with Gasteiger partial charge in [0.05, 0.1) is 17.6 Å². The third-order valence-electron chi connectivity index (χ3n) is 3.63. The van der Waals surface area contributed by atoms with E-state index in [1.165, 1.54) is 42.3 Å². The summed E-state index contributed by atoms with van der Waals surface area (Å²) in [6.07, 6.45) is 2.82. The second-order valence-electron chi connectivity index (χ2n) is 5.19. The molecule has 130 valence electrons. The molecule has 2 aromatic heterocycles. The zero-order chi connectivity index (χ0) is 18.2. The summed E-state index contributed by atoms with van der Waals surface area (Å²) in [6, 6.07) is 5.64. The Bertz CT molecular complexity index is 1070. The quantitative estimate of drug-likeness (QED) is 0.532. The van der Waals surface area contributed by atoms with E-state index in [9.17, 15) is 13.2 Å². The number of carbonyl (C=O) groups is 1. The van der Waals surface area contributed by atoms with Crippen molar-refractivity contribution in [1.82, 2.24) is 14.6 Å². The number of fused-ring (bicyclic) bond motifs is 1. The van der Waals surface area contributed by atoms with E-state index in [2.05, 4.69) is 15.4 Å². The largest absolute Gasteiger partial charge is 0.465 e. The molecule has 10 heteroatoms. The maximum absolute atomic E-state index is 11.8. The molecule has 0 fully saturated rings. The van der Waals surface area contributed by atoms with Crippen LogP contribution in [0.2, 0.25) is 0 Å². The van der Waals surface area contributed by atoms with Gasteiger partial charge in [-0.3, -0.25) is 4.55 Å². The van der Waals surface area contributed by atoms with Gasteiger partial charge in [0.25, 0.3) is 10.1 Å². The smallest absolute Gasteiger partial charge is 0.339 e. The highest BCUT2D eigenvalue weighted by Crippen LogP contribution is 2.26. The third-order valence-corrected chi connectivity index (χ3v) is 4.48. The lowest BCUT2D eigenvalue weighted by molar-refractivity contribution is 0.0600. The number of carbonyl (C=O) groups excluding carboxylic acids is 1. The van der Waals surface area contributed by atoms with Crippen LogP contribution in [0.1, 0.15) is 15.9 Å². The molecule has 0 aliphatic rings. The van der Waals surface area contributed by atoms with E-state index in [0.29, 0.717) is 28.1 Å². The van der Waals surface area contributed by atoms with E-state index >= 15 is 0 Å². The minimum Gasteiger partial charge on any atom is -0.465 e. The number of methoxy groups -OCH3 is 1. The van der Waals surface area contributed by atoms with Crippen LogP contribution in [0.3, 0.4) is 0 Å². The second kappa shape index (κ2) is 6.15. The lowest BCUT2D eigenvalue weighted by Crippen LogP contribution is -2.02. The molecule has 0 atom stereocenters. The van der Waals surface area contributed by atoms with Gasteiger partial charge in [0.15, 0.2) is 5.82 Å². The Hall–Kier alpha value is -2.98. The van der Waals surface area contributed by atoms with Gasteiger partial charge in [-0.05, 0) is 30.7 Å². The Labute approximate surface area is 143 Å². The first kappa shape index (κ1) is 16.9. The van der Waals surface area contributed by atoms with Crippen molar-refractivity contribution in [2.75, 3.05) is 12.4 Å². The average Bonchev–Trinajstić information content (AvgIpc) is 2.92. The zero-order valence-electron chi connectivity index (χ0n) is 13.3. The molecule has 0 saturated carbocycles. The number of hydrogen-bond donors (Lipinski definition) is 2. The van der Waals surface area contributed by atoms with Gasteiger partial charge >= 0.3 is 5.97 Å². The molecular weight excluding hydrogens is 348 g/mol. The fourth-order valence-electron chi connectivity index (χ4n) is 2.44. The van der Waals surface area contributed by atoms with Crippen molar-refractivity contribution in [3.8, 4) is 0 Å². The Kier molecular flexibility index (Phi) is 4.15. The highest BCUT2D eigenvalue weighted by Gasteiger charge is 2.18. The average molecular weight is 362 g/mol. The standard InChI is InChI=1S/C15H14N4O5S/c1-9-12(15(20)24-2)7-19-13(9)14(16-8-17-19)18-10-4-3-5-11(6-10)25(21,22)23/h3-8H,1-2H3,(H,16,17,18)(H,21,22,23). The molecule has 25 heavy (non-hydrogen) atoms. The predicted molar refractivity (Wildman–Crippen MR) is 88.6 cm³/mol. The molecule has 0 saturated heterocycles. The molecule has 3 rings (SSSR count). The van der Waals surface area contributed by atoms with E-state index in [0.717, 1.165) is 0 Å². The summed E-state index contributed by atoms with van der Waals surface area (Å²) in [5, 5.41) is 7.03. The highest BCUT2D eigenvalue weighted by molar-refractivity contribution is 7.85. The van der Waals surface area contributed by atoms with Crippen LogP contribution < -0.4 is 5.32 Å². The molecule has 0 radical (unpaired) electrons. The number of ether oxygens (including phenoxy) is 1. The third kappa shape index (κ3) is 3.16. The van der Waals surface area contributed by atoms with Crippen molar-refractivity contribution < 1.29 is 22.5 Å². The summed E-state index contributed by atoms with van der Waals surface area (Å²) < 4.78 is 37.9. The van der Waals surface area contributed by atoms with Gasteiger partial charge in [0.1, 0.15) is 11.8 Å². The summed E-state index contributed by atoms with van der Waals surface area (Å²) in [5.74, 6) is -0.127. The van der Waals surface area contributed by atoms with Crippen LogP contribution >= 0.6 is 0 Å². The van der Waals surface area contributed by atoms with Gasteiger partial charge < -0.3 is 10.1 Å². The molecule has 0 spiro atoms. The maximum atomic E-state index is 11.8. The number of hydrogen-bond acceptors (Lipinski definition) is 7. The lowest BCUT2D eigenvalue weighted by atomic mass is 10.2. The molecule has 1 aromatic carbocycles. The van der Waals surface area contributed by atoms with Crippen molar-refractivity contribution in [2.24, 2.45) is 0 Å². The topological polar surface area (TPSA) is 123 Å². The summed E-state index contributed by atoms with van der Waals surface area (Å²) >= 11 is 0. The molecule has 0 aliphatic heterocycles. The van der Waals surface area contributed by atoms with Crippen LogP contribution in [0.4, 0.5) is 11.5 Å². The number of rotatable bonds is 4. The molecule has 2 heterocycles. The van der Waals surface area contributed by atoms with Crippen LogP contribution in [0.5, 0.6) is 0 Å². The van der Waals surface area contributed by atoms with Gasteiger partial charge in [0.2, 0.25) is 0 Å². The van der Waals surface area contributed by atoms with Gasteiger partial charge in [-0.2, -0.15) is 13.5 Å². The van der Waals surface area contributed by atoms with E-state index < -0.39 is 16.1 Å². The van der Waals surface area contributed by atoms with Crippen LogP contribution in [0.25, 0.3) is 5.52 Å². The van der Waals surface area contributed by atoms with Crippen molar-refractivity contribution >= 4 is 33.1 Å². The lowest BCUT2D eigenvalue weighted by Gasteiger charge is -2.08. The van der Waals surface area contributed by atoms with Crippen molar-refractivity contribution in [3.05, 3.63) is 47.9 Å². The molecular formula is C15H14N4O5S. The van der Waals surface area contributed by atoms with E-state index in [4.69, 9.17) is 9.29 Å². The predicted octanol–water partition coefficient (Wildman–Crippen LogP) is 1.81. The summed E-state index contributed by atoms with van der Waals surface area (Å²) in [5.41, 5.74) is 1.90. The molecule has 9 nitrogen and oxygen atoms in total. The van der Waals surface area contributed by atoms with Gasteiger partial charge in [-0.25, -0.2) is 14.3 Å². The summed E-state index contributed by atoms with van der Waals surface area (Å²) in [6.45, 7) is 1.73. The Morgan fingerprint density at radius 3 is 2.80 bits per heavy atom. The molecule has 2 N–H and O–H groups in total. The van der Waals surface area contributed by atoms with Crippen LogP contribution in [-0.2, 0) is 14.9 Å². The summed E-state index contributed by atoms with van der Waals surface area (Å²) in [7, 11) is -3.03. The monoisotopic (exact) mass is 362 g/mol. The minimum absolute atomic E-state index is 0.245. The molecule has 0 aliphatic carbocycles. The SMILES string of the molecule is COC(=O)c1cn2ncnc(Nc3cccc(S(=O)(=O)O)c3)c2c1C. The van der Waals surface area contributed by atoms with Crippen molar-refractivity contribution in [1.29, 1.82) is 0 Å². The Morgan fingerprint density at radius 1 is 1.36 bits per heavy atom. The van der Waals surface area contributed by atoms with Gasteiger partial charge in [-0.15, -0.1) is 0 Å². The van der Waals surface area contributed by atoms with Crippen LogP contribution in [0, 0.1) is 6.92 Å². The zero-order valence-corrected chi connectivity index (χ0v) is 14.1. The number of benzene rings is 1. The van der Waals surface area contributed by atoms with Crippen molar-refractivity contribution in [3.63, 3.8) is 0 Å². The molecule has 3 aromatic rings. The van der Waals surface area contributed by atoms with Gasteiger partial charge in [-0.1, -0.05) is 6.07 Å². The number of aromatic nitrogens is 3. The number of esters is 1. The fraction of sp³-hybridized carbons (Fsp3) is 0.133. The number of nitrogens with zero attached hydrogens (tertiary/aromatic N) is 3.